The van der Waals surface area contributed by atoms with Crippen LogP contribution in [-0.4, -0.2) is 23.2 Å². The van der Waals surface area contributed by atoms with Gasteiger partial charge in [0, 0.05) is 28.8 Å². The highest BCUT2D eigenvalue weighted by molar-refractivity contribution is 9.10. The Bertz CT molecular complexity index is 1290. The van der Waals surface area contributed by atoms with E-state index >= 15 is 0 Å². The Morgan fingerprint density at radius 1 is 1.00 bits per heavy atom. The van der Waals surface area contributed by atoms with Gasteiger partial charge in [0.2, 0.25) is 5.91 Å². The molecule has 3 aromatic carbocycles. The quantitative estimate of drug-likeness (QED) is 0.304. The molecule has 1 fully saturated rings. The fraction of sp³-hybridized carbons (Fsp3) is 0.167. The summed E-state index contributed by atoms with van der Waals surface area (Å²) in [6.07, 6.45) is 0. The fourth-order valence-corrected chi connectivity index (χ4v) is 5.19. The highest BCUT2D eigenvalue weighted by Gasteiger charge is 2.67. The summed E-state index contributed by atoms with van der Waals surface area (Å²) in [4.78, 5) is 27.3. The van der Waals surface area contributed by atoms with Crippen LogP contribution < -0.4 is 10.2 Å². The molecule has 0 spiro atoms. The monoisotopic (exact) mass is 602 g/mol. The Hall–Kier alpha value is -1.83. The van der Waals surface area contributed by atoms with Crippen molar-refractivity contribution in [2.45, 2.75) is 10.3 Å². The van der Waals surface area contributed by atoms with Crippen LogP contribution in [0, 0.1) is 11.7 Å². The number of hydrogen-bond acceptors (Lipinski definition) is 2. The van der Waals surface area contributed by atoms with E-state index in [4.69, 9.17) is 46.4 Å². The van der Waals surface area contributed by atoms with Gasteiger partial charge < -0.3 is 10.2 Å². The lowest BCUT2D eigenvalue weighted by Crippen LogP contribution is -2.26. The highest BCUT2D eigenvalue weighted by atomic mass is 79.9. The number of carbonyl (C=O) groups is 2. The number of amides is 2. The Labute approximate surface area is 224 Å². The van der Waals surface area contributed by atoms with Gasteiger partial charge in [-0.3, -0.25) is 9.59 Å². The summed E-state index contributed by atoms with van der Waals surface area (Å²) in [5.74, 6) is -2.40. The standard InChI is InChI=1S/C24H16BrCl4FN2O2/c1-32(15-6-3-13(30)4-7-15)23(34)16-11-14(5-9-18(16)26)31-22(33)21-20(24(21,28)29)12-2-8-17(25)19(27)10-12/h2-11,20-21H,1H3,(H,31,33)/t20-,21+/m0/s1. The summed E-state index contributed by atoms with van der Waals surface area (Å²) in [6.45, 7) is 0. The van der Waals surface area contributed by atoms with Crippen LogP contribution in [-0.2, 0) is 4.79 Å². The van der Waals surface area contributed by atoms with Gasteiger partial charge in [-0.05, 0) is 76.1 Å². The highest BCUT2D eigenvalue weighted by Crippen LogP contribution is 2.65. The minimum absolute atomic E-state index is 0.168. The second kappa shape index (κ2) is 9.67. The average Bonchev–Trinajstić information content (AvgIpc) is 3.38. The van der Waals surface area contributed by atoms with Crippen molar-refractivity contribution in [3.8, 4) is 0 Å². The van der Waals surface area contributed by atoms with Gasteiger partial charge in [0.1, 0.15) is 10.2 Å². The van der Waals surface area contributed by atoms with E-state index < -0.39 is 33.8 Å². The van der Waals surface area contributed by atoms with E-state index in [0.29, 0.717) is 16.4 Å². The molecule has 34 heavy (non-hydrogen) atoms. The predicted molar refractivity (Wildman–Crippen MR) is 139 cm³/mol. The van der Waals surface area contributed by atoms with Crippen LogP contribution in [0.3, 0.4) is 0 Å². The van der Waals surface area contributed by atoms with Crippen LogP contribution in [0.1, 0.15) is 21.8 Å². The minimum atomic E-state index is -1.30. The van der Waals surface area contributed by atoms with Gasteiger partial charge in [0.25, 0.3) is 5.91 Å². The summed E-state index contributed by atoms with van der Waals surface area (Å²) in [5, 5.41) is 3.45. The number of hydrogen-bond donors (Lipinski definition) is 1. The van der Waals surface area contributed by atoms with Crippen molar-refractivity contribution < 1.29 is 14.0 Å². The first-order valence-corrected chi connectivity index (χ1v) is 12.3. The molecule has 176 valence electrons. The largest absolute Gasteiger partial charge is 0.326 e. The first kappa shape index (κ1) is 25.3. The van der Waals surface area contributed by atoms with Crippen LogP contribution >= 0.6 is 62.3 Å². The van der Waals surface area contributed by atoms with Crippen molar-refractivity contribution >= 4 is 85.5 Å². The Morgan fingerprint density at radius 3 is 2.32 bits per heavy atom. The normalized spacial score (nSPS) is 18.3. The molecule has 0 aliphatic heterocycles. The van der Waals surface area contributed by atoms with E-state index in [-0.39, 0.29) is 10.6 Å². The molecule has 2 atom stereocenters. The van der Waals surface area contributed by atoms with Gasteiger partial charge in [0.05, 0.1) is 21.5 Å². The van der Waals surface area contributed by atoms with Gasteiger partial charge in [-0.1, -0.05) is 29.3 Å². The molecular weight excluding hydrogens is 589 g/mol. The number of halogens is 6. The lowest BCUT2D eigenvalue weighted by molar-refractivity contribution is -0.117. The SMILES string of the molecule is CN(C(=O)c1cc(NC(=O)[C@H]2[C@H](c3ccc(Br)c(Cl)c3)C2(Cl)Cl)ccc1Cl)c1ccc(F)cc1. The van der Waals surface area contributed by atoms with Gasteiger partial charge in [-0.25, -0.2) is 4.39 Å². The zero-order valence-electron chi connectivity index (χ0n) is 17.5. The van der Waals surface area contributed by atoms with Crippen LogP contribution in [0.25, 0.3) is 0 Å². The predicted octanol–water partition coefficient (Wildman–Crippen LogP) is 7.70. The molecule has 1 N–H and O–H groups in total. The van der Waals surface area contributed by atoms with Crippen molar-refractivity contribution in [1.82, 2.24) is 0 Å². The minimum Gasteiger partial charge on any atom is -0.326 e. The van der Waals surface area contributed by atoms with Gasteiger partial charge >= 0.3 is 0 Å². The number of rotatable bonds is 5. The molecule has 1 aliphatic rings. The topological polar surface area (TPSA) is 49.4 Å². The number of carbonyl (C=O) groups excluding carboxylic acids is 2. The van der Waals surface area contributed by atoms with Crippen molar-refractivity contribution in [3.63, 3.8) is 0 Å². The summed E-state index contributed by atoms with van der Waals surface area (Å²) in [7, 11) is 1.55. The van der Waals surface area contributed by atoms with Crippen molar-refractivity contribution in [2.75, 3.05) is 17.3 Å². The van der Waals surface area contributed by atoms with E-state index in [0.717, 1.165) is 10.0 Å². The van der Waals surface area contributed by atoms with Crippen molar-refractivity contribution in [1.29, 1.82) is 0 Å². The number of nitrogens with zero attached hydrogens (tertiary/aromatic N) is 1. The zero-order chi connectivity index (χ0) is 24.8. The maximum Gasteiger partial charge on any atom is 0.259 e. The summed E-state index contributed by atoms with van der Waals surface area (Å²) in [5.41, 5.74) is 1.75. The van der Waals surface area contributed by atoms with Crippen LogP contribution in [0.5, 0.6) is 0 Å². The number of nitrogens with one attached hydrogen (secondary N) is 1. The number of anilines is 2. The number of benzene rings is 3. The molecule has 2 amide bonds. The fourth-order valence-electron chi connectivity index (χ4n) is 3.72. The smallest absolute Gasteiger partial charge is 0.259 e. The molecule has 0 radical (unpaired) electrons. The molecule has 0 saturated heterocycles. The maximum absolute atomic E-state index is 13.2. The van der Waals surface area contributed by atoms with Gasteiger partial charge in [0.15, 0.2) is 0 Å². The molecule has 4 rings (SSSR count). The van der Waals surface area contributed by atoms with E-state index in [2.05, 4.69) is 21.2 Å². The summed E-state index contributed by atoms with van der Waals surface area (Å²) < 4.78 is 12.6. The summed E-state index contributed by atoms with van der Waals surface area (Å²) in [6, 6.07) is 15.3. The first-order valence-electron chi connectivity index (χ1n) is 9.97. The molecule has 4 nitrogen and oxygen atoms in total. The Morgan fingerprint density at radius 2 is 1.68 bits per heavy atom. The molecule has 0 unspecified atom stereocenters. The molecule has 0 heterocycles. The molecule has 10 heteroatoms. The van der Waals surface area contributed by atoms with Crippen LogP contribution in [0.4, 0.5) is 15.8 Å². The van der Waals surface area contributed by atoms with E-state index in [9.17, 15) is 14.0 Å². The first-order chi connectivity index (χ1) is 16.0. The second-order valence-corrected chi connectivity index (χ2v) is 10.9. The van der Waals surface area contributed by atoms with Gasteiger partial charge in [-0.15, -0.1) is 23.2 Å². The molecule has 1 aliphatic carbocycles. The molecule has 0 bridgehead atoms. The van der Waals surface area contributed by atoms with Crippen molar-refractivity contribution in [3.05, 3.63) is 92.1 Å². The van der Waals surface area contributed by atoms with Gasteiger partial charge in [-0.2, -0.15) is 0 Å². The lowest BCUT2D eigenvalue weighted by Gasteiger charge is -2.18. The number of alkyl halides is 2. The average molecular weight is 605 g/mol. The third-order valence-corrected chi connectivity index (χ3v) is 8.12. The zero-order valence-corrected chi connectivity index (χ0v) is 22.1. The molecule has 3 aromatic rings. The Kier molecular flexibility index (Phi) is 7.19. The molecule has 1 saturated carbocycles. The van der Waals surface area contributed by atoms with Crippen LogP contribution in [0.2, 0.25) is 10.0 Å². The second-order valence-electron chi connectivity index (χ2n) is 7.83. The third-order valence-electron chi connectivity index (χ3n) is 5.62. The molecular formula is C24H16BrCl4FN2O2. The van der Waals surface area contributed by atoms with E-state index in [1.165, 1.54) is 41.3 Å². The van der Waals surface area contributed by atoms with E-state index in [1.807, 2.05) is 0 Å². The summed E-state index contributed by atoms with van der Waals surface area (Å²) >= 11 is 28.6. The Balaban J connectivity index is 1.53. The molecule has 0 aromatic heterocycles. The van der Waals surface area contributed by atoms with E-state index in [1.54, 1.807) is 31.3 Å². The lowest BCUT2D eigenvalue weighted by atomic mass is 10.1. The third kappa shape index (κ3) is 4.93. The van der Waals surface area contributed by atoms with Crippen molar-refractivity contribution in [2.24, 2.45) is 5.92 Å². The van der Waals surface area contributed by atoms with Crippen LogP contribution in [0.15, 0.2) is 65.1 Å². The maximum atomic E-state index is 13.2.